The van der Waals surface area contributed by atoms with Crippen LogP contribution >= 0.6 is 0 Å². The predicted octanol–water partition coefficient (Wildman–Crippen LogP) is 9.93. The molecule has 3 nitrogen and oxygen atoms in total. The van der Waals surface area contributed by atoms with Crippen LogP contribution < -0.4 is 0 Å². The molecule has 0 radical (unpaired) electrons. The van der Waals surface area contributed by atoms with Gasteiger partial charge in [-0.05, 0) is 35.4 Å². The second-order valence-electron chi connectivity index (χ2n) is 10.0. The SMILES string of the molecule is c1ccc(-c2cccc3c2oc2c(-c4ccc(-c5nc6ccccc6n5-c5ccccc5)cc4)cccc23)cc1. The minimum absolute atomic E-state index is 0.908. The smallest absolute Gasteiger partial charge is 0.145 e. The van der Waals surface area contributed by atoms with Crippen molar-refractivity contribution < 1.29 is 4.42 Å². The average Bonchev–Trinajstić information content (AvgIpc) is 3.61. The molecule has 0 saturated heterocycles. The molecule has 0 saturated carbocycles. The number of hydrogen-bond acceptors (Lipinski definition) is 2. The van der Waals surface area contributed by atoms with Gasteiger partial charge < -0.3 is 4.42 Å². The largest absolute Gasteiger partial charge is 0.455 e. The number of hydrogen-bond donors (Lipinski definition) is 0. The zero-order valence-electron chi connectivity index (χ0n) is 21.7. The van der Waals surface area contributed by atoms with Gasteiger partial charge in [-0.25, -0.2) is 4.98 Å². The molecule has 0 fully saturated rings. The van der Waals surface area contributed by atoms with E-state index >= 15 is 0 Å². The Hall–Kier alpha value is -5.41. The number of para-hydroxylation sites is 5. The van der Waals surface area contributed by atoms with Gasteiger partial charge in [0.25, 0.3) is 0 Å². The molecule has 3 heteroatoms. The minimum atomic E-state index is 0.908. The van der Waals surface area contributed by atoms with Crippen molar-refractivity contribution in [2.45, 2.75) is 0 Å². The first kappa shape index (κ1) is 22.6. The molecule has 188 valence electrons. The summed E-state index contributed by atoms with van der Waals surface area (Å²) in [6.45, 7) is 0. The molecule has 0 aliphatic rings. The summed E-state index contributed by atoms with van der Waals surface area (Å²) in [5.74, 6) is 0.924. The van der Waals surface area contributed by atoms with E-state index < -0.39 is 0 Å². The molecule has 0 unspecified atom stereocenters. The normalized spacial score (nSPS) is 11.5. The number of imidazole rings is 1. The molecule has 2 aromatic heterocycles. The van der Waals surface area contributed by atoms with Crippen molar-refractivity contribution in [3.63, 3.8) is 0 Å². The van der Waals surface area contributed by atoms with E-state index in [4.69, 9.17) is 9.40 Å². The molecule has 40 heavy (non-hydrogen) atoms. The fourth-order valence-corrected chi connectivity index (χ4v) is 5.75. The van der Waals surface area contributed by atoms with E-state index in [9.17, 15) is 0 Å². The second-order valence-corrected chi connectivity index (χ2v) is 10.0. The molecule has 0 amide bonds. The first-order valence-corrected chi connectivity index (χ1v) is 13.5. The summed E-state index contributed by atoms with van der Waals surface area (Å²) in [6.07, 6.45) is 0. The van der Waals surface area contributed by atoms with Gasteiger partial charge in [0.1, 0.15) is 17.0 Å². The third-order valence-corrected chi connectivity index (χ3v) is 7.64. The van der Waals surface area contributed by atoms with Gasteiger partial charge in [0.05, 0.1) is 11.0 Å². The van der Waals surface area contributed by atoms with E-state index in [0.717, 1.165) is 72.3 Å². The van der Waals surface area contributed by atoms with E-state index in [1.165, 1.54) is 0 Å². The highest BCUT2D eigenvalue weighted by Gasteiger charge is 2.17. The third-order valence-electron chi connectivity index (χ3n) is 7.64. The van der Waals surface area contributed by atoms with E-state index in [2.05, 4.69) is 132 Å². The summed E-state index contributed by atoms with van der Waals surface area (Å²) in [7, 11) is 0. The van der Waals surface area contributed by atoms with E-state index in [1.54, 1.807) is 0 Å². The summed E-state index contributed by atoms with van der Waals surface area (Å²) in [6, 6.07) is 50.6. The highest BCUT2D eigenvalue weighted by Crippen LogP contribution is 2.40. The maximum atomic E-state index is 6.64. The Bertz CT molecular complexity index is 2140. The van der Waals surface area contributed by atoms with Crippen LogP contribution in [0.25, 0.3) is 72.3 Å². The number of benzene rings is 6. The number of fused-ring (bicyclic) bond motifs is 4. The van der Waals surface area contributed by atoms with Gasteiger partial charge in [-0.2, -0.15) is 0 Å². The van der Waals surface area contributed by atoms with E-state index in [1.807, 2.05) is 18.2 Å². The molecule has 2 heterocycles. The van der Waals surface area contributed by atoms with Crippen molar-refractivity contribution in [2.24, 2.45) is 0 Å². The molecule has 0 N–H and O–H groups in total. The van der Waals surface area contributed by atoms with Gasteiger partial charge >= 0.3 is 0 Å². The van der Waals surface area contributed by atoms with Crippen molar-refractivity contribution in [2.75, 3.05) is 0 Å². The lowest BCUT2D eigenvalue weighted by Gasteiger charge is -2.10. The molecule has 0 aliphatic heterocycles. The molecule has 0 aliphatic carbocycles. The van der Waals surface area contributed by atoms with Crippen LogP contribution in [0.15, 0.2) is 150 Å². The van der Waals surface area contributed by atoms with Crippen molar-refractivity contribution in [3.05, 3.63) is 146 Å². The van der Waals surface area contributed by atoms with Crippen molar-refractivity contribution in [3.8, 4) is 39.3 Å². The van der Waals surface area contributed by atoms with Crippen molar-refractivity contribution in [1.82, 2.24) is 9.55 Å². The molecule has 6 aromatic carbocycles. The summed E-state index contributed by atoms with van der Waals surface area (Å²) in [5, 5.41) is 2.26. The molecular formula is C37H24N2O. The standard InChI is InChI=1S/C37H24N2O/c1-3-11-25(12-4-1)29-15-9-17-31-32-18-10-16-30(36(32)40-35(29)31)26-21-23-27(24-22-26)37-38-33-19-7-8-20-34(33)39(37)28-13-5-2-6-14-28/h1-24H. The van der Waals surface area contributed by atoms with Crippen molar-refractivity contribution in [1.29, 1.82) is 0 Å². The number of rotatable bonds is 4. The van der Waals surface area contributed by atoms with E-state index in [-0.39, 0.29) is 0 Å². The zero-order valence-corrected chi connectivity index (χ0v) is 21.7. The highest BCUT2D eigenvalue weighted by atomic mass is 16.3. The van der Waals surface area contributed by atoms with Crippen LogP contribution in [0.4, 0.5) is 0 Å². The van der Waals surface area contributed by atoms with Crippen LogP contribution in [0.3, 0.4) is 0 Å². The summed E-state index contributed by atoms with van der Waals surface area (Å²) >= 11 is 0. The van der Waals surface area contributed by atoms with Gasteiger partial charge in [-0.1, -0.05) is 121 Å². The van der Waals surface area contributed by atoms with Gasteiger partial charge in [0.2, 0.25) is 0 Å². The van der Waals surface area contributed by atoms with Crippen LogP contribution in [0, 0.1) is 0 Å². The number of furan rings is 1. The van der Waals surface area contributed by atoms with Crippen LogP contribution in [0.1, 0.15) is 0 Å². The van der Waals surface area contributed by atoms with Gasteiger partial charge in [0, 0.05) is 33.2 Å². The minimum Gasteiger partial charge on any atom is -0.455 e. The van der Waals surface area contributed by atoms with Gasteiger partial charge in [0.15, 0.2) is 0 Å². The Morgan fingerprint density at radius 3 is 1.68 bits per heavy atom. The zero-order chi connectivity index (χ0) is 26.5. The topological polar surface area (TPSA) is 31.0 Å². The van der Waals surface area contributed by atoms with Crippen LogP contribution in [0.5, 0.6) is 0 Å². The molecule has 0 atom stereocenters. The van der Waals surface area contributed by atoms with Crippen LogP contribution in [-0.4, -0.2) is 9.55 Å². The first-order chi connectivity index (χ1) is 19.8. The highest BCUT2D eigenvalue weighted by molar-refractivity contribution is 6.13. The van der Waals surface area contributed by atoms with Gasteiger partial charge in [-0.3, -0.25) is 4.57 Å². The summed E-state index contributed by atoms with van der Waals surface area (Å²) < 4.78 is 8.87. The fraction of sp³-hybridized carbons (Fsp3) is 0. The monoisotopic (exact) mass is 512 g/mol. The number of nitrogens with zero attached hydrogens (tertiary/aromatic N) is 2. The fourth-order valence-electron chi connectivity index (χ4n) is 5.75. The lowest BCUT2D eigenvalue weighted by atomic mass is 9.99. The third kappa shape index (κ3) is 3.56. The summed E-state index contributed by atoms with van der Waals surface area (Å²) in [5.41, 5.74) is 10.5. The van der Waals surface area contributed by atoms with Crippen LogP contribution in [0.2, 0.25) is 0 Å². The Morgan fingerprint density at radius 1 is 0.450 bits per heavy atom. The van der Waals surface area contributed by atoms with Gasteiger partial charge in [-0.15, -0.1) is 0 Å². The quantitative estimate of drug-likeness (QED) is 0.235. The number of aromatic nitrogens is 2. The lowest BCUT2D eigenvalue weighted by molar-refractivity contribution is 0.671. The maximum absolute atomic E-state index is 6.64. The Kier molecular flexibility index (Phi) is 5.14. The Balaban J connectivity index is 1.26. The molecule has 8 aromatic rings. The molecular weight excluding hydrogens is 488 g/mol. The van der Waals surface area contributed by atoms with E-state index in [0.29, 0.717) is 0 Å². The second kappa shape index (κ2) is 9.11. The Labute approximate surface area is 231 Å². The lowest BCUT2D eigenvalue weighted by Crippen LogP contribution is -1.97. The first-order valence-electron chi connectivity index (χ1n) is 13.5. The molecule has 0 spiro atoms. The van der Waals surface area contributed by atoms with Crippen LogP contribution in [-0.2, 0) is 0 Å². The average molecular weight is 513 g/mol. The Morgan fingerprint density at radius 2 is 1.00 bits per heavy atom. The molecule has 8 rings (SSSR count). The maximum Gasteiger partial charge on any atom is 0.145 e. The molecule has 0 bridgehead atoms. The summed E-state index contributed by atoms with van der Waals surface area (Å²) in [4.78, 5) is 5.02. The predicted molar refractivity (Wildman–Crippen MR) is 165 cm³/mol. The van der Waals surface area contributed by atoms with Crippen molar-refractivity contribution >= 4 is 33.0 Å².